The van der Waals surface area contributed by atoms with Crippen LogP contribution >= 0.6 is 0 Å². The van der Waals surface area contributed by atoms with Crippen LogP contribution in [0.5, 0.6) is 0 Å². The van der Waals surface area contributed by atoms with Crippen molar-refractivity contribution < 1.29 is 51.8 Å². The predicted molar refractivity (Wildman–Crippen MR) is 37.4 cm³/mol. The van der Waals surface area contributed by atoms with E-state index in [1.165, 1.54) is 0 Å². The van der Waals surface area contributed by atoms with E-state index in [2.05, 4.69) is 0 Å². The van der Waals surface area contributed by atoms with Gasteiger partial charge in [-0.25, -0.2) is 8.42 Å². The summed E-state index contributed by atoms with van der Waals surface area (Å²) in [6.07, 6.45) is -1.25. The maximum absolute atomic E-state index is 10.7. The van der Waals surface area contributed by atoms with Crippen molar-refractivity contribution in [1.29, 1.82) is 0 Å². The van der Waals surface area contributed by atoms with Crippen molar-refractivity contribution in [2.75, 3.05) is 11.5 Å². The van der Waals surface area contributed by atoms with Crippen LogP contribution in [0.4, 0.5) is 0 Å². The Morgan fingerprint density at radius 1 is 1.42 bits per heavy atom. The van der Waals surface area contributed by atoms with Crippen LogP contribution in [0.25, 0.3) is 0 Å². The molecule has 1 heterocycles. The fraction of sp³-hybridized carbons (Fsp3) is 1.00. The molecule has 1 rings (SSSR count). The third-order valence-corrected chi connectivity index (χ3v) is 4.42. The first-order valence-electron chi connectivity index (χ1n) is 2.89. The van der Waals surface area contributed by atoms with Gasteiger partial charge in [-0.05, 0) is 11.1 Å². The summed E-state index contributed by atoms with van der Waals surface area (Å²) in [7, 11) is -3.33. The first-order chi connectivity index (χ1) is 4.92. The average Bonchev–Trinajstić information content (AvgIpc) is 2.05. The standard InChI is InChI=1S/C4H8O5S2.Na/c5-3-1-11(8,9)2-4(3)10(6)7;/h3-5H,1-2H2,(H,6,7);/q;+1/p-1. The second kappa shape index (κ2) is 4.50. The van der Waals surface area contributed by atoms with Crippen molar-refractivity contribution in [2.24, 2.45) is 0 Å². The summed E-state index contributed by atoms with van der Waals surface area (Å²) in [6, 6.07) is 0. The Morgan fingerprint density at radius 2 is 1.92 bits per heavy atom. The molecular formula is C4H7NaO5S2. The first-order valence-corrected chi connectivity index (χ1v) is 5.85. The molecule has 1 aliphatic heterocycles. The van der Waals surface area contributed by atoms with Crippen LogP contribution in [0.15, 0.2) is 0 Å². The van der Waals surface area contributed by atoms with Crippen LogP contribution in [-0.4, -0.2) is 45.1 Å². The molecule has 5 nitrogen and oxygen atoms in total. The zero-order valence-electron chi connectivity index (χ0n) is 6.47. The molecule has 8 heteroatoms. The molecule has 0 aromatic carbocycles. The predicted octanol–water partition coefficient (Wildman–Crippen LogP) is -4.97. The van der Waals surface area contributed by atoms with E-state index in [-0.39, 0.29) is 29.6 Å². The van der Waals surface area contributed by atoms with E-state index in [0.29, 0.717) is 0 Å². The van der Waals surface area contributed by atoms with Crippen LogP contribution in [0.1, 0.15) is 0 Å². The van der Waals surface area contributed by atoms with Gasteiger partial charge in [0.1, 0.15) is 0 Å². The molecular weight excluding hydrogens is 215 g/mol. The van der Waals surface area contributed by atoms with E-state index in [0.717, 1.165) is 0 Å². The van der Waals surface area contributed by atoms with Crippen molar-refractivity contribution in [2.45, 2.75) is 11.4 Å². The first kappa shape index (κ1) is 13.0. The molecule has 66 valence electrons. The summed E-state index contributed by atoms with van der Waals surface area (Å²) in [5.41, 5.74) is 0. The molecule has 0 saturated carbocycles. The molecule has 12 heavy (non-hydrogen) atoms. The van der Waals surface area contributed by atoms with E-state index in [9.17, 15) is 17.2 Å². The van der Waals surface area contributed by atoms with Gasteiger partial charge in [-0.15, -0.1) is 0 Å². The number of rotatable bonds is 1. The van der Waals surface area contributed by atoms with Crippen LogP contribution in [0, 0.1) is 0 Å². The van der Waals surface area contributed by atoms with Gasteiger partial charge in [0.05, 0.1) is 22.9 Å². The van der Waals surface area contributed by atoms with E-state index in [1.54, 1.807) is 0 Å². The largest absolute Gasteiger partial charge is 1.00 e. The Bertz CT molecular complexity index is 273. The Morgan fingerprint density at radius 3 is 2.08 bits per heavy atom. The van der Waals surface area contributed by atoms with Gasteiger partial charge in [0.15, 0.2) is 9.84 Å². The summed E-state index contributed by atoms with van der Waals surface area (Å²) in [5, 5.41) is 7.78. The monoisotopic (exact) mass is 222 g/mol. The number of aliphatic hydroxyl groups is 1. The summed E-state index contributed by atoms with van der Waals surface area (Å²) in [4.78, 5) is 0. The minimum Gasteiger partial charge on any atom is -0.772 e. The van der Waals surface area contributed by atoms with Gasteiger partial charge in [-0.2, -0.15) is 0 Å². The molecule has 3 unspecified atom stereocenters. The maximum atomic E-state index is 10.7. The quantitative estimate of drug-likeness (QED) is 0.354. The van der Waals surface area contributed by atoms with Crippen molar-refractivity contribution in [3.8, 4) is 0 Å². The molecule has 1 fully saturated rings. The van der Waals surface area contributed by atoms with Crippen LogP contribution < -0.4 is 29.6 Å². The second-order valence-corrected chi connectivity index (χ2v) is 5.72. The number of hydrogen-bond acceptors (Lipinski definition) is 5. The van der Waals surface area contributed by atoms with Gasteiger partial charge in [0, 0.05) is 0 Å². The van der Waals surface area contributed by atoms with Crippen LogP contribution in [0.3, 0.4) is 0 Å². The Labute approximate surface area is 95.0 Å². The van der Waals surface area contributed by atoms with Gasteiger partial charge in [0.2, 0.25) is 0 Å². The number of aliphatic hydroxyl groups excluding tert-OH is 1. The van der Waals surface area contributed by atoms with E-state index in [4.69, 9.17) is 5.11 Å². The minimum atomic E-state index is -3.33. The molecule has 0 spiro atoms. The average molecular weight is 222 g/mol. The van der Waals surface area contributed by atoms with Crippen LogP contribution in [-0.2, 0) is 20.9 Å². The third-order valence-electron chi connectivity index (χ3n) is 1.52. The molecule has 1 aliphatic rings. The third kappa shape index (κ3) is 3.06. The van der Waals surface area contributed by atoms with E-state index < -0.39 is 43.8 Å². The Balaban J connectivity index is 0.00000121. The van der Waals surface area contributed by atoms with Crippen molar-refractivity contribution >= 4 is 20.9 Å². The van der Waals surface area contributed by atoms with Crippen molar-refractivity contribution in [1.82, 2.24) is 0 Å². The zero-order chi connectivity index (χ0) is 8.65. The minimum absolute atomic E-state index is 0. The maximum Gasteiger partial charge on any atom is 1.00 e. The second-order valence-electron chi connectivity index (χ2n) is 2.44. The fourth-order valence-electron chi connectivity index (χ4n) is 0.981. The molecule has 0 radical (unpaired) electrons. The summed E-state index contributed by atoms with van der Waals surface area (Å²) >= 11 is -2.50. The molecule has 1 saturated heterocycles. The van der Waals surface area contributed by atoms with Gasteiger partial charge in [-0.1, -0.05) is 0 Å². The van der Waals surface area contributed by atoms with Gasteiger partial charge in [-0.3, -0.25) is 4.21 Å². The smallest absolute Gasteiger partial charge is 0.772 e. The number of hydrogen-bond donors (Lipinski definition) is 1. The van der Waals surface area contributed by atoms with Gasteiger partial charge in [0.25, 0.3) is 0 Å². The molecule has 0 aromatic rings. The summed E-state index contributed by atoms with van der Waals surface area (Å²) < 4.78 is 42.0. The normalized spacial score (nSPS) is 35.5. The van der Waals surface area contributed by atoms with E-state index in [1.807, 2.05) is 0 Å². The Hall–Kier alpha value is 1.02. The van der Waals surface area contributed by atoms with Gasteiger partial charge >= 0.3 is 29.6 Å². The molecule has 0 amide bonds. The van der Waals surface area contributed by atoms with Crippen molar-refractivity contribution in [3.63, 3.8) is 0 Å². The zero-order valence-corrected chi connectivity index (χ0v) is 10.1. The van der Waals surface area contributed by atoms with E-state index >= 15 is 0 Å². The Kier molecular flexibility index (Phi) is 4.88. The SMILES string of the molecule is O=S([O-])C1CS(=O)(=O)CC1O.[Na+]. The number of sulfone groups is 1. The van der Waals surface area contributed by atoms with Gasteiger partial charge < -0.3 is 9.66 Å². The molecule has 3 atom stereocenters. The van der Waals surface area contributed by atoms with Crippen LogP contribution in [0.2, 0.25) is 0 Å². The molecule has 1 N–H and O–H groups in total. The topological polar surface area (TPSA) is 94.5 Å². The molecule has 0 aromatic heterocycles. The summed E-state index contributed by atoms with van der Waals surface area (Å²) in [5.74, 6) is -0.893. The fourth-order valence-corrected chi connectivity index (χ4v) is 4.13. The van der Waals surface area contributed by atoms with Crippen molar-refractivity contribution in [3.05, 3.63) is 0 Å². The summed E-state index contributed by atoms with van der Waals surface area (Å²) in [6.45, 7) is 0. The molecule has 0 aliphatic carbocycles. The molecule has 0 bridgehead atoms.